The summed E-state index contributed by atoms with van der Waals surface area (Å²) in [6, 6.07) is 7.48. The lowest BCUT2D eigenvalue weighted by Gasteiger charge is -2.10. The van der Waals surface area contributed by atoms with E-state index in [2.05, 4.69) is 0 Å². The lowest BCUT2D eigenvalue weighted by molar-refractivity contribution is 0.0245. The van der Waals surface area contributed by atoms with Gasteiger partial charge in [0.2, 0.25) is 0 Å². The Kier molecular flexibility index (Phi) is 7.96. The lowest BCUT2D eigenvalue weighted by atomic mass is 10.3. The Labute approximate surface area is 107 Å². The molecule has 0 aliphatic heterocycles. The fraction of sp³-hybridized carbons (Fsp3) is 0.538. The van der Waals surface area contributed by atoms with Crippen LogP contribution in [0.25, 0.3) is 0 Å². The third kappa shape index (κ3) is 5.86. The maximum Gasteiger partial charge on any atom is 0.161 e. The maximum atomic E-state index is 8.48. The molecule has 0 bridgehead atoms. The molecule has 0 saturated carbocycles. The van der Waals surface area contributed by atoms with Crippen LogP contribution in [-0.2, 0) is 9.47 Å². The first-order valence-corrected chi connectivity index (χ1v) is 5.90. The van der Waals surface area contributed by atoms with E-state index in [1.807, 2.05) is 24.3 Å². The summed E-state index contributed by atoms with van der Waals surface area (Å²) >= 11 is 0. The molecule has 1 N–H and O–H groups in total. The third-order valence-corrected chi connectivity index (χ3v) is 2.16. The summed E-state index contributed by atoms with van der Waals surface area (Å²) in [5.41, 5.74) is 0. The fourth-order valence-electron chi connectivity index (χ4n) is 1.34. The van der Waals surface area contributed by atoms with Gasteiger partial charge in [-0.05, 0) is 12.1 Å². The van der Waals surface area contributed by atoms with Gasteiger partial charge in [-0.15, -0.1) is 0 Å². The molecule has 0 spiro atoms. The van der Waals surface area contributed by atoms with Crippen molar-refractivity contribution in [1.29, 1.82) is 0 Å². The molecular formula is C13H20O5. The van der Waals surface area contributed by atoms with Crippen molar-refractivity contribution < 1.29 is 24.1 Å². The van der Waals surface area contributed by atoms with Crippen LogP contribution < -0.4 is 9.47 Å². The number of ether oxygens (including phenoxy) is 4. The summed E-state index contributed by atoms with van der Waals surface area (Å²) < 4.78 is 21.0. The molecule has 0 atom stereocenters. The molecule has 1 aromatic rings. The Hall–Kier alpha value is -1.30. The quantitative estimate of drug-likeness (QED) is 0.635. The molecule has 0 aromatic heterocycles. The molecule has 1 aromatic carbocycles. The fourth-order valence-corrected chi connectivity index (χ4v) is 1.34. The van der Waals surface area contributed by atoms with Gasteiger partial charge in [0.1, 0.15) is 6.61 Å². The number of benzene rings is 1. The molecule has 0 unspecified atom stereocenters. The second-order valence-corrected chi connectivity index (χ2v) is 3.45. The molecule has 0 fully saturated rings. The van der Waals surface area contributed by atoms with Crippen molar-refractivity contribution in [2.24, 2.45) is 0 Å². The van der Waals surface area contributed by atoms with Crippen molar-refractivity contribution in [3.63, 3.8) is 0 Å². The smallest absolute Gasteiger partial charge is 0.161 e. The predicted octanol–water partition coefficient (Wildman–Crippen LogP) is 1.10. The third-order valence-electron chi connectivity index (χ3n) is 2.16. The van der Waals surface area contributed by atoms with E-state index in [-0.39, 0.29) is 6.61 Å². The largest absolute Gasteiger partial charge is 0.493 e. The molecule has 0 amide bonds. The standard InChI is InChI=1S/C13H20O5/c1-15-12-4-2-3-5-13(12)18-11-10-17-9-8-16-7-6-14/h2-5,14H,6-11H2,1H3. The number of rotatable bonds is 10. The summed E-state index contributed by atoms with van der Waals surface area (Å²) in [5, 5.41) is 8.48. The Morgan fingerprint density at radius 2 is 1.50 bits per heavy atom. The van der Waals surface area contributed by atoms with E-state index in [4.69, 9.17) is 24.1 Å². The van der Waals surface area contributed by atoms with Crippen LogP contribution in [0.3, 0.4) is 0 Å². The van der Waals surface area contributed by atoms with E-state index in [0.29, 0.717) is 44.5 Å². The highest BCUT2D eigenvalue weighted by atomic mass is 16.6. The van der Waals surface area contributed by atoms with Gasteiger partial charge in [0.15, 0.2) is 11.5 Å². The minimum absolute atomic E-state index is 0.0386. The van der Waals surface area contributed by atoms with Crippen LogP contribution in [0.1, 0.15) is 0 Å². The van der Waals surface area contributed by atoms with Gasteiger partial charge in [-0.2, -0.15) is 0 Å². The summed E-state index contributed by atoms with van der Waals surface area (Å²) in [6.07, 6.45) is 0. The van der Waals surface area contributed by atoms with Crippen LogP contribution in [0, 0.1) is 0 Å². The van der Waals surface area contributed by atoms with E-state index in [1.165, 1.54) is 0 Å². The predicted molar refractivity (Wildman–Crippen MR) is 67.2 cm³/mol. The SMILES string of the molecule is COc1ccccc1OCCOCCOCCO. The Morgan fingerprint density at radius 3 is 2.17 bits per heavy atom. The van der Waals surface area contributed by atoms with Gasteiger partial charge in [0, 0.05) is 0 Å². The molecule has 102 valence electrons. The van der Waals surface area contributed by atoms with Crippen LogP contribution >= 0.6 is 0 Å². The summed E-state index contributed by atoms with van der Waals surface area (Å²) in [6.45, 7) is 2.31. The zero-order chi connectivity index (χ0) is 13.1. The first kappa shape index (κ1) is 14.8. The second kappa shape index (κ2) is 9.70. The van der Waals surface area contributed by atoms with E-state index in [1.54, 1.807) is 7.11 Å². The van der Waals surface area contributed by atoms with E-state index in [0.717, 1.165) is 0 Å². The molecule has 0 heterocycles. The average Bonchev–Trinajstić information content (AvgIpc) is 2.42. The van der Waals surface area contributed by atoms with Gasteiger partial charge >= 0.3 is 0 Å². The van der Waals surface area contributed by atoms with Crippen LogP contribution in [0.2, 0.25) is 0 Å². The molecule has 0 saturated heterocycles. The highest BCUT2D eigenvalue weighted by Crippen LogP contribution is 2.25. The van der Waals surface area contributed by atoms with Crippen LogP contribution in [0.4, 0.5) is 0 Å². The van der Waals surface area contributed by atoms with Crippen molar-refractivity contribution >= 4 is 0 Å². The van der Waals surface area contributed by atoms with Crippen molar-refractivity contribution in [2.45, 2.75) is 0 Å². The Morgan fingerprint density at radius 1 is 0.889 bits per heavy atom. The molecule has 0 aliphatic rings. The van der Waals surface area contributed by atoms with Crippen molar-refractivity contribution in [2.75, 3.05) is 46.8 Å². The average molecular weight is 256 g/mol. The molecule has 5 nitrogen and oxygen atoms in total. The van der Waals surface area contributed by atoms with Crippen LogP contribution in [0.5, 0.6) is 11.5 Å². The normalized spacial score (nSPS) is 10.3. The molecule has 18 heavy (non-hydrogen) atoms. The number of methoxy groups -OCH3 is 1. The van der Waals surface area contributed by atoms with E-state index < -0.39 is 0 Å². The zero-order valence-electron chi connectivity index (χ0n) is 10.6. The first-order chi connectivity index (χ1) is 8.88. The zero-order valence-corrected chi connectivity index (χ0v) is 10.6. The minimum Gasteiger partial charge on any atom is -0.493 e. The van der Waals surface area contributed by atoms with Crippen molar-refractivity contribution in [3.05, 3.63) is 24.3 Å². The summed E-state index contributed by atoms with van der Waals surface area (Å²) in [5.74, 6) is 1.42. The monoisotopic (exact) mass is 256 g/mol. The molecule has 5 heteroatoms. The van der Waals surface area contributed by atoms with Gasteiger partial charge in [-0.3, -0.25) is 0 Å². The van der Waals surface area contributed by atoms with Gasteiger partial charge in [0.25, 0.3) is 0 Å². The summed E-state index contributed by atoms with van der Waals surface area (Å²) in [4.78, 5) is 0. The van der Waals surface area contributed by atoms with Gasteiger partial charge < -0.3 is 24.1 Å². The highest BCUT2D eigenvalue weighted by Gasteiger charge is 2.01. The topological polar surface area (TPSA) is 57.2 Å². The highest BCUT2D eigenvalue weighted by molar-refractivity contribution is 5.39. The van der Waals surface area contributed by atoms with E-state index in [9.17, 15) is 0 Å². The van der Waals surface area contributed by atoms with Crippen LogP contribution in [-0.4, -0.2) is 51.9 Å². The van der Waals surface area contributed by atoms with E-state index >= 15 is 0 Å². The van der Waals surface area contributed by atoms with Crippen molar-refractivity contribution in [1.82, 2.24) is 0 Å². The number of para-hydroxylation sites is 2. The molecule has 1 rings (SSSR count). The maximum absolute atomic E-state index is 8.48. The molecule has 0 aliphatic carbocycles. The summed E-state index contributed by atoms with van der Waals surface area (Å²) in [7, 11) is 1.61. The van der Waals surface area contributed by atoms with Crippen molar-refractivity contribution in [3.8, 4) is 11.5 Å². The first-order valence-electron chi connectivity index (χ1n) is 5.90. The van der Waals surface area contributed by atoms with Gasteiger partial charge in [0.05, 0.1) is 40.1 Å². The molecular weight excluding hydrogens is 236 g/mol. The number of hydrogen-bond donors (Lipinski definition) is 1. The molecule has 0 radical (unpaired) electrons. The second-order valence-electron chi connectivity index (χ2n) is 3.45. The number of hydrogen-bond acceptors (Lipinski definition) is 5. The Bertz CT molecular complexity index is 316. The van der Waals surface area contributed by atoms with Gasteiger partial charge in [-0.1, -0.05) is 12.1 Å². The van der Waals surface area contributed by atoms with Crippen LogP contribution in [0.15, 0.2) is 24.3 Å². The number of aliphatic hydroxyl groups is 1. The lowest BCUT2D eigenvalue weighted by Crippen LogP contribution is -2.12. The minimum atomic E-state index is 0.0386. The number of aliphatic hydroxyl groups excluding tert-OH is 1. The van der Waals surface area contributed by atoms with Gasteiger partial charge in [-0.25, -0.2) is 0 Å². The Balaban J connectivity index is 2.07.